The van der Waals surface area contributed by atoms with Crippen molar-refractivity contribution in [3.8, 4) is 0 Å². The predicted octanol–water partition coefficient (Wildman–Crippen LogP) is -0.225. The topological polar surface area (TPSA) is 115 Å². The summed E-state index contributed by atoms with van der Waals surface area (Å²) in [6.07, 6.45) is 2.13. The zero-order valence-corrected chi connectivity index (χ0v) is 11.9. The summed E-state index contributed by atoms with van der Waals surface area (Å²) in [6.45, 7) is 1.54. The van der Waals surface area contributed by atoms with Gasteiger partial charge in [0.1, 0.15) is 12.6 Å². The molecule has 0 aromatic rings. The summed E-state index contributed by atoms with van der Waals surface area (Å²) in [4.78, 5) is 48.2. The molecule has 0 spiro atoms. The maximum absolute atomic E-state index is 12.2. The summed E-state index contributed by atoms with van der Waals surface area (Å²) < 4.78 is 0. The first-order chi connectivity index (χ1) is 9.88. The maximum Gasteiger partial charge on any atom is 0.326 e. The highest BCUT2D eigenvalue weighted by Gasteiger charge is 2.36. The lowest BCUT2D eigenvalue weighted by molar-refractivity contribution is -0.160. The molecule has 0 aromatic carbocycles. The van der Waals surface area contributed by atoms with Crippen LogP contribution in [0.2, 0.25) is 0 Å². The number of hydrogen-bond acceptors (Lipinski definition) is 4. The Bertz CT molecular complexity index is 436. The Balaban J connectivity index is 2.84. The fourth-order valence-corrected chi connectivity index (χ4v) is 2.38. The number of carboxylic acids is 2. The Morgan fingerprint density at radius 3 is 2.38 bits per heavy atom. The number of amides is 2. The predicted molar refractivity (Wildman–Crippen MR) is 71.5 cm³/mol. The van der Waals surface area contributed by atoms with Gasteiger partial charge in [-0.15, -0.1) is 0 Å². The van der Waals surface area contributed by atoms with E-state index in [9.17, 15) is 19.2 Å². The Hall–Kier alpha value is -2.12. The zero-order chi connectivity index (χ0) is 16.0. The van der Waals surface area contributed by atoms with Gasteiger partial charge >= 0.3 is 23.8 Å². The Labute approximate surface area is 122 Å². The van der Waals surface area contributed by atoms with Crippen molar-refractivity contribution in [1.29, 1.82) is 0 Å². The SMILES string of the molecule is CCCN(CC(=O)O)C(=O)C(=O)N1CCCC[C@@H]1C(=O)O. The quantitative estimate of drug-likeness (QED) is 0.678. The summed E-state index contributed by atoms with van der Waals surface area (Å²) >= 11 is 0. The molecule has 0 unspecified atom stereocenters. The van der Waals surface area contributed by atoms with Crippen molar-refractivity contribution in [2.45, 2.75) is 38.6 Å². The lowest BCUT2D eigenvalue weighted by Gasteiger charge is -2.33. The number of hydrogen-bond donors (Lipinski definition) is 2. The first-order valence-electron chi connectivity index (χ1n) is 6.93. The van der Waals surface area contributed by atoms with E-state index in [-0.39, 0.29) is 13.1 Å². The van der Waals surface area contributed by atoms with E-state index in [1.807, 2.05) is 0 Å². The van der Waals surface area contributed by atoms with Gasteiger partial charge in [-0.25, -0.2) is 4.79 Å². The molecule has 8 heteroatoms. The minimum Gasteiger partial charge on any atom is -0.480 e. The Morgan fingerprint density at radius 2 is 1.86 bits per heavy atom. The van der Waals surface area contributed by atoms with Crippen LogP contribution in [0, 0.1) is 0 Å². The molecule has 21 heavy (non-hydrogen) atoms. The van der Waals surface area contributed by atoms with Crippen molar-refractivity contribution < 1.29 is 29.4 Å². The van der Waals surface area contributed by atoms with E-state index < -0.39 is 36.3 Å². The van der Waals surface area contributed by atoms with Crippen LogP contribution in [0.25, 0.3) is 0 Å². The molecule has 0 saturated carbocycles. The van der Waals surface area contributed by atoms with Crippen molar-refractivity contribution in [2.75, 3.05) is 19.6 Å². The fraction of sp³-hybridized carbons (Fsp3) is 0.692. The molecule has 8 nitrogen and oxygen atoms in total. The first kappa shape index (κ1) is 16.9. The average Bonchev–Trinajstić information content (AvgIpc) is 2.44. The number of piperidine rings is 1. The molecule has 0 bridgehead atoms. The number of likely N-dealkylation sites (tertiary alicyclic amines) is 1. The van der Waals surface area contributed by atoms with Gasteiger partial charge in [0.05, 0.1) is 0 Å². The maximum atomic E-state index is 12.2. The van der Waals surface area contributed by atoms with Crippen molar-refractivity contribution in [1.82, 2.24) is 9.80 Å². The lowest BCUT2D eigenvalue weighted by Crippen LogP contribution is -2.54. The molecule has 0 aliphatic carbocycles. The summed E-state index contributed by atoms with van der Waals surface area (Å²) in [7, 11) is 0. The van der Waals surface area contributed by atoms with Gasteiger partial charge in [-0.2, -0.15) is 0 Å². The highest BCUT2D eigenvalue weighted by atomic mass is 16.4. The van der Waals surface area contributed by atoms with Crippen molar-refractivity contribution >= 4 is 23.8 Å². The molecule has 0 aromatic heterocycles. The highest BCUT2D eigenvalue weighted by molar-refractivity contribution is 6.35. The molecular weight excluding hydrogens is 280 g/mol. The fourth-order valence-electron chi connectivity index (χ4n) is 2.38. The van der Waals surface area contributed by atoms with Crippen molar-refractivity contribution in [3.63, 3.8) is 0 Å². The van der Waals surface area contributed by atoms with Crippen LogP contribution in [-0.4, -0.2) is 69.4 Å². The van der Waals surface area contributed by atoms with Gasteiger partial charge in [-0.3, -0.25) is 14.4 Å². The second-order valence-corrected chi connectivity index (χ2v) is 4.97. The van der Waals surface area contributed by atoms with Gasteiger partial charge < -0.3 is 20.0 Å². The normalized spacial score (nSPS) is 18.1. The molecule has 2 N–H and O–H groups in total. The number of aliphatic carboxylic acids is 2. The van der Waals surface area contributed by atoms with Crippen LogP contribution in [0.4, 0.5) is 0 Å². The molecule has 118 valence electrons. The number of carbonyl (C=O) groups excluding carboxylic acids is 2. The molecule has 0 radical (unpaired) electrons. The summed E-state index contributed by atoms with van der Waals surface area (Å²) in [6, 6.07) is -1.01. The van der Waals surface area contributed by atoms with Crippen LogP contribution in [0.5, 0.6) is 0 Å². The lowest BCUT2D eigenvalue weighted by atomic mass is 10.0. The molecule has 1 aliphatic rings. The molecular formula is C13H20N2O6. The van der Waals surface area contributed by atoms with E-state index in [2.05, 4.69) is 0 Å². The van der Waals surface area contributed by atoms with Gasteiger partial charge in [-0.05, 0) is 25.7 Å². The molecule has 1 fully saturated rings. The van der Waals surface area contributed by atoms with Gasteiger partial charge in [-0.1, -0.05) is 6.92 Å². The number of carboxylic acid groups (broad SMARTS) is 2. The monoisotopic (exact) mass is 300 g/mol. The van der Waals surface area contributed by atoms with Crippen LogP contribution >= 0.6 is 0 Å². The third kappa shape index (κ3) is 4.44. The van der Waals surface area contributed by atoms with Gasteiger partial charge in [0.15, 0.2) is 0 Å². The molecule has 1 heterocycles. The first-order valence-corrected chi connectivity index (χ1v) is 6.93. The smallest absolute Gasteiger partial charge is 0.326 e. The van der Waals surface area contributed by atoms with E-state index in [0.717, 1.165) is 9.80 Å². The van der Waals surface area contributed by atoms with Crippen molar-refractivity contribution in [2.24, 2.45) is 0 Å². The minimum atomic E-state index is -1.21. The standard InChI is InChI=1S/C13H20N2O6/c1-2-6-14(8-10(16)17)11(18)12(19)15-7-4-3-5-9(15)13(20)21/h9H,2-8H2,1H3,(H,16,17)(H,20,21)/t9-/m1/s1. The second-order valence-electron chi connectivity index (χ2n) is 4.97. The molecule has 1 atom stereocenters. The third-order valence-corrected chi connectivity index (χ3v) is 3.34. The summed E-state index contributed by atoms with van der Waals surface area (Å²) in [5, 5.41) is 17.9. The largest absolute Gasteiger partial charge is 0.480 e. The van der Waals surface area contributed by atoms with E-state index >= 15 is 0 Å². The minimum absolute atomic E-state index is 0.141. The van der Waals surface area contributed by atoms with Crippen LogP contribution in [0.3, 0.4) is 0 Å². The van der Waals surface area contributed by atoms with Crippen LogP contribution < -0.4 is 0 Å². The average molecular weight is 300 g/mol. The Kier molecular flexibility index (Phi) is 6.13. The van der Waals surface area contributed by atoms with E-state index in [1.54, 1.807) is 6.92 Å². The van der Waals surface area contributed by atoms with Gasteiger partial charge in [0.2, 0.25) is 0 Å². The molecule has 1 saturated heterocycles. The molecule has 2 amide bonds. The second kappa shape index (κ2) is 7.61. The van der Waals surface area contributed by atoms with E-state index in [4.69, 9.17) is 10.2 Å². The highest BCUT2D eigenvalue weighted by Crippen LogP contribution is 2.18. The summed E-state index contributed by atoms with van der Waals surface area (Å²) in [5.41, 5.74) is 0. The number of carbonyl (C=O) groups is 4. The van der Waals surface area contributed by atoms with Crippen LogP contribution in [0.15, 0.2) is 0 Å². The van der Waals surface area contributed by atoms with Crippen LogP contribution in [0.1, 0.15) is 32.6 Å². The van der Waals surface area contributed by atoms with Crippen LogP contribution in [-0.2, 0) is 19.2 Å². The zero-order valence-electron chi connectivity index (χ0n) is 11.9. The molecule has 1 aliphatic heterocycles. The van der Waals surface area contributed by atoms with E-state index in [0.29, 0.717) is 25.7 Å². The number of nitrogens with zero attached hydrogens (tertiary/aromatic N) is 2. The Morgan fingerprint density at radius 1 is 1.19 bits per heavy atom. The van der Waals surface area contributed by atoms with Gasteiger partial charge in [0, 0.05) is 13.1 Å². The van der Waals surface area contributed by atoms with Crippen molar-refractivity contribution in [3.05, 3.63) is 0 Å². The van der Waals surface area contributed by atoms with Gasteiger partial charge in [0.25, 0.3) is 0 Å². The summed E-state index contributed by atoms with van der Waals surface area (Å²) in [5.74, 6) is -4.24. The third-order valence-electron chi connectivity index (χ3n) is 3.34. The van der Waals surface area contributed by atoms with E-state index in [1.165, 1.54) is 0 Å². The molecule has 1 rings (SSSR count). The number of rotatable bonds is 5.